The fraction of sp³-hybridized carbons (Fsp3) is 0.818. The van der Waals surface area contributed by atoms with E-state index in [9.17, 15) is 5.11 Å². The normalized spacial score (nSPS) is 40.9. The van der Waals surface area contributed by atoms with Crippen molar-refractivity contribution in [2.24, 2.45) is 0 Å². The lowest BCUT2D eigenvalue weighted by Crippen LogP contribution is -2.32. The van der Waals surface area contributed by atoms with Gasteiger partial charge in [-0.15, -0.1) is 6.58 Å². The zero-order valence-electron chi connectivity index (χ0n) is 9.59. The van der Waals surface area contributed by atoms with Gasteiger partial charge in [0.15, 0.2) is 12.1 Å². The van der Waals surface area contributed by atoms with Crippen LogP contribution in [0.2, 0.25) is 0 Å². The van der Waals surface area contributed by atoms with Crippen LogP contribution < -0.4 is 0 Å². The summed E-state index contributed by atoms with van der Waals surface area (Å²) in [6.45, 7) is 7.53. The van der Waals surface area contributed by atoms with E-state index in [0.717, 1.165) is 0 Å². The van der Waals surface area contributed by atoms with Crippen molar-refractivity contribution in [1.29, 1.82) is 0 Å². The Labute approximate surface area is 94.9 Å². The molecule has 0 amide bonds. The van der Waals surface area contributed by atoms with Crippen LogP contribution in [0.4, 0.5) is 0 Å². The highest BCUT2D eigenvalue weighted by atomic mass is 16.8. The monoisotopic (exact) mass is 230 g/mol. The summed E-state index contributed by atoms with van der Waals surface area (Å²) >= 11 is 0. The molecule has 2 fully saturated rings. The molecule has 0 bridgehead atoms. The van der Waals surface area contributed by atoms with Gasteiger partial charge in [0.25, 0.3) is 0 Å². The SMILES string of the molecule is C=CCO[C@H]1O[C@H](CO)[C@@H]2OC(C)(C)O[C@H]12. The summed E-state index contributed by atoms with van der Waals surface area (Å²) in [5.41, 5.74) is 0. The van der Waals surface area contributed by atoms with E-state index in [1.165, 1.54) is 0 Å². The van der Waals surface area contributed by atoms with Crippen LogP contribution in [0.1, 0.15) is 13.8 Å². The van der Waals surface area contributed by atoms with Crippen LogP contribution in [0.3, 0.4) is 0 Å². The van der Waals surface area contributed by atoms with Gasteiger partial charge in [-0.05, 0) is 13.8 Å². The molecule has 4 atom stereocenters. The Balaban J connectivity index is 2.04. The number of hydrogen-bond donors (Lipinski definition) is 1. The van der Waals surface area contributed by atoms with Crippen molar-refractivity contribution in [2.75, 3.05) is 13.2 Å². The van der Waals surface area contributed by atoms with Crippen LogP contribution in [-0.2, 0) is 18.9 Å². The maximum Gasteiger partial charge on any atom is 0.187 e. The number of rotatable bonds is 4. The molecule has 2 saturated heterocycles. The van der Waals surface area contributed by atoms with E-state index in [-0.39, 0.29) is 24.9 Å². The second kappa shape index (κ2) is 4.43. The second-order valence-electron chi connectivity index (χ2n) is 4.41. The lowest BCUT2D eigenvalue weighted by molar-refractivity contribution is -0.233. The molecule has 1 N–H and O–H groups in total. The topological polar surface area (TPSA) is 57.2 Å². The average molecular weight is 230 g/mol. The third kappa shape index (κ3) is 2.14. The summed E-state index contributed by atoms with van der Waals surface area (Å²) in [6, 6.07) is 0. The molecule has 5 heteroatoms. The van der Waals surface area contributed by atoms with Crippen LogP contribution in [-0.4, -0.2) is 48.7 Å². The van der Waals surface area contributed by atoms with Crippen molar-refractivity contribution < 1.29 is 24.1 Å². The fourth-order valence-corrected chi connectivity index (χ4v) is 2.09. The molecule has 2 heterocycles. The molecule has 16 heavy (non-hydrogen) atoms. The molecule has 0 aromatic carbocycles. The van der Waals surface area contributed by atoms with Crippen LogP contribution in [0.15, 0.2) is 12.7 Å². The Bertz CT molecular complexity index is 265. The summed E-state index contributed by atoms with van der Waals surface area (Å²) in [5.74, 6) is -0.650. The lowest BCUT2D eigenvalue weighted by atomic mass is 10.1. The molecule has 5 nitrogen and oxygen atoms in total. The molecule has 0 aromatic heterocycles. The van der Waals surface area contributed by atoms with Gasteiger partial charge in [-0.1, -0.05) is 6.08 Å². The van der Waals surface area contributed by atoms with Crippen molar-refractivity contribution in [1.82, 2.24) is 0 Å². The Hall–Kier alpha value is -0.460. The molecular weight excluding hydrogens is 212 g/mol. The minimum atomic E-state index is -0.650. The quantitative estimate of drug-likeness (QED) is 0.710. The van der Waals surface area contributed by atoms with Crippen molar-refractivity contribution in [3.8, 4) is 0 Å². The van der Waals surface area contributed by atoms with Crippen LogP contribution in [0, 0.1) is 0 Å². The molecule has 0 unspecified atom stereocenters. The van der Waals surface area contributed by atoms with Crippen LogP contribution in [0.5, 0.6) is 0 Å². The molecule has 2 rings (SSSR count). The van der Waals surface area contributed by atoms with E-state index >= 15 is 0 Å². The van der Waals surface area contributed by atoms with Gasteiger partial charge in [-0.25, -0.2) is 0 Å². The first-order valence-corrected chi connectivity index (χ1v) is 5.42. The van der Waals surface area contributed by atoms with E-state index in [2.05, 4.69) is 6.58 Å². The van der Waals surface area contributed by atoms with E-state index in [1.807, 2.05) is 13.8 Å². The maximum absolute atomic E-state index is 9.19. The Morgan fingerprint density at radius 1 is 1.38 bits per heavy atom. The van der Waals surface area contributed by atoms with E-state index in [1.54, 1.807) is 6.08 Å². The van der Waals surface area contributed by atoms with Gasteiger partial charge in [0.1, 0.15) is 18.3 Å². The molecule has 2 aliphatic heterocycles. The number of fused-ring (bicyclic) bond motifs is 1. The highest BCUT2D eigenvalue weighted by Gasteiger charge is 2.55. The van der Waals surface area contributed by atoms with Crippen LogP contribution in [0.25, 0.3) is 0 Å². The highest BCUT2D eigenvalue weighted by Crippen LogP contribution is 2.38. The predicted molar refractivity (Wildman–Crippen MR) is 55.7 cm³/mol. The van der Waals surface area contributed by atoms with Crippen molar-refractivity contribution in [2.45, 2.75) is 44.2 Å². The maximum atomic E-state index is 9.19. The van der Waals surface area contributed by atoms with Gasteiger partial charge in [-0.2, -0.15) is 0 Å². The summed E-state index contributed by atoms with van der Waals surface area (Å²) in [6.07, 6.45) is 0.205. The first-order chi connectivity index (χ1) is 7.57. The molecule has 0 radical (unpaired) electrons. The summed E-state index contributed by atoms with van der Waals surface area (Å²) in [7, 11) is 0. The van der Waals surface area contributed by atoms with Gasteiger partial charge >= 0.3 is 0 Å². The first-order valence-electron chi connectivity index (χ1n) is 5.42. The number of aliphatic hydroxyl groups is 1. The molecule has 2 aliphatic rings. The van der Waals surface area contributed by atoms with Crippen molar-refractivity contribution >= 4 is 0 Å². The minimum Gasteiger partial charge on any atom is -0.394 e. The molecule has 0 saturated carbocycles. The second-order valence-corrected chi connectivity index (χ2v) is 4.41. The smallest absolute Gasteiger partial charge is 0.187 e. The highest BCUT2D eigenvalue weighted by molar-refractivity contribution is 4.95. The van der Waals surface area contributed by atoms with E-state index in [0.29, 0.717) is 6.61 Å². The third-order valence-electron chi connectivity index (χ3n) is 2.67. The van der Waals surface area contributed by atoms with Gasteiger partial charge in [0.05, 0.1) is 13.2 Å². The van der Waals surface area contributed by atoms with Gasteiger partial charge in [0.2, 0.25) is 0 Å². The molecule has 0 aromatic rings. The zero-order chi connectivity index (χ0) is 11.8. The Morgan fingerprint density at radius 2 is 2.06 bits per heavy atom. The lowest BCUT2D eigenvalue weighted by Gasteiger charge is -2.23. The van der Waals surface area contributed by atoms with E-state index in [4.69, 9.17) is 18.9 Å². The standard InChI is InChI=1S/C11H18O5/c1-4-5-13-10-9-8(7(6-12)14-10)15-11(2,3)16-9/h4,7-10,12H,1,5-6H2,2-3H3/t7-,8+,9+,10+/m1/s1. The Kier molecular flexibility index (Phi) is 3.32. The zero-order valence-corrected chi connectivity index (χ0v) is 9.59. The molecule has 0 spiro atoms. The van der Waals surface area contributed by atoms with Crippen molar-refractivity contribution in [3.05, 3.63) is 12.7 Å². The molecule has 0 aliphatic carbocycles. The first kappa shape index (κ1) is 12.0. The average Bonchev–Trinajstić information content (AvgIpc) is 2.69. The summed E-state index contributed by atoms with van der Waals surface area (Å²) in [4.78, 5) is 0. The van der Waals surface area contributed by atoms with Gasteiger partial charge in [0, 0.05) is 0 Å². The fourth-order valence-electron chi connectivity index (χ4n) is 2.09. The summed E-state index contributed by atoms with van der Waals surface area (Å²) in [5, 5.41) is 9.19. The predicted octanol–water partition coefficient (Wildman–Crippen LogP) is 0.426. The molecular formula is C11H18O5. The van der Waals surface area contributed by atoms with Gasteiger partial charge < -0.3 is 24.1 Å². The summed E-state index contributed by atoms with van der Waals surface area (Å²) < 4.78 is 22.3. The largest absolute Gasteiger partial charge is 0.394 e. The number of ether oxygens (including phenoxy) is 4. The van der Waals surface area contributed by atoms with E-state index < -0.39 is 12.1 Å². The van der Waals surface area contributed by atoms with Gasteiger partial charge in [-0.3, -0.25) is 0 Å². The number of hydrogen-bond acceptors (Lipinski definition) is 5. The molecule has 92 valence electrons. The van der Waals surface area contributed by atoms with Crippen molar-refractivity contribution in [3.63, 3.8) is 0 Å². The number of aliphatic hydroxyl groups excluding tert-OH is 1. The minimum absolute atomic E-state index is 0.103. The van der Waals surface area contributed by atoms with Crippen LogP contribution >= 0.6 is 0 Å². The third-order valence-corrected chi connectivity index (χ3v) is 2.67. The Morgan fingerprint density at radius 3 is 2.69 bits per heavy atom.